The van der Waals surface area contributed by atoms with E-state index in [1.807, 2.05) is 0 Å². The van der Waals surface area contributed by atoms with E-state index in [-0.39, 0.29) is 23.1 Å². The number of hydrogen-bond donors (Lipinski definition) is 2. The van der Waals surface area contributed by atoms with E-state index in [1.165, 1.54) is 6.08 Å². The van der Waals surface area contributed by atoms with E-state index < -0.39 is 13.0 Å². The zero-order chi connectivity index (χ0) is 15.8. The molecule has 0 aromatic rings. The van der Waals surface area contributed by atoms with Gasteiger partial charge >= 0.3 is 0 Å². The first-order chi connectivity index (χ1) is 9.69. The zero-order valence-electron chi connectivity index (χ0n) is 12.3. The van der Waals surface area contributed by atoms with Crippen LogP contribution in [0.4, 0.5) is 0 Å². The number of ether oxygens (including phenoxy) is 1. The molecule has 5 nitrogen and oxygen atoms in total. The average Bonchev–Trinajstić information content (AvgIpc) is 2.64. The van der Waals surface area contributed by atoms with Crippen LogP contribution in [-0.2, 0) is 9.53 Å². The van der Waals surface area contributed by atoms with E-state index >= 15 is 0 Å². The molecule has 1 saturated heterocycles. The highest BCUT2D eigenvalue weighted by Crippen LogP contribution is 2.39. The summed E-state index contributed by atoms with van der Waals surface area (Å²) in [6.45, 7) is 7.01. The van der Waals surface area contributed by atoms with Gasteiger partial charge in [0.15, 0.2) is 6.23 Å². The van der Waals surface area contributed by atoms with Gasteiger partial charge in [0, 0.05) is 12.3 Å². The van der Waals surface area contributed by atoms with Crippen LogP contribution >= 0.6 is 22.8 Å². The van der Waals surface area contributed by atoms with Crippen LogP contribution in [0.2, 0.25) is 0 Å². The van der Waals surface area contributed by atoms with Gasteiger partial charge in [0.2, 0.25) is 0 Å². The number of carbonyl (C=O) groups is 1. The van der Waals surface area contributed by atoms with Crippen molar-refractivity contribution >= 4 is 35.0 Å². The number of carbonyl (C=O) groups excluding carboxylic acids is 1. The highest BCUT2D eigenvalue weighted by atomic mass is 79.9. The van der Waals surface area contributed by atoms with Gasteiger partial charge < -0.3 is 20.1 Å². The predicted octanol–water partition coefficient (Wildman–Crippen LogP) is 1.35. The third kappa shape index (κ3) is 4.01. The molecular formula is C14H22BrN2O3P. The lowest BCUT2D eigenvalue weighted by Crippen LogP contribution is -2.44. The highest BCUT2D eigenvalue weighted by molar-refractivity contribution is 9.09. The van der Waals surface area contributed by atoms with Crippen LogP contribution in [0.1, 0.15) is 6.42 Å². The Labute approximate surface area is 134 Å². The van der Waals surface area contributed by atoms with Crippen molar-refractivity contribution in [2.75, 3.05) is 19.5 Å². The molecule has 0 saturated carbocycles. The number of aliphatic hydroxyl groups excluding tert-OH is 1. The van der Waals surface area contributed by atoms with Gasteiger partial charge in [-0.1, -0.05) is 22.5 Å². The van der Waals surface area contributed by atoms with Gasteiger partial charge in [-0.3, -0.25) is 4.79 Å². The second-order valence-corrected chi connectivity index (χ2v) is 11.5. The Morgan fingerprint density at radius 2 is 2.24 bits per heavy atom. The van der Waals surface area contributed by atoms with Gasteiger partial charge in [0.05, 0.1) is 17.0 Å². The molecule has 0 aromatic heterocycles. The Kier molecular flexibility index (Phi) is 5.03. The van der Waals surface area contributed by atoms with Crippen molar-refractivity contribution < 1.29 is 14.6 Å². The maximum absolute atomic E-state index is 11.3. The molecule has 7 heteroatoms. The van der Waals surface area contributed by atoms with Gasteiger partial charge in [-0.2, -0.15) is 0 Å². The SMILES string of the molecule is C=C1NC(=O)C=CN1[C@@H]1O[C@H](CCP(=C)(C)C)[C@@H](O)C1Br. The first-order valence-electron chi connectivity index (χ1n) is 6.80. The number of aliphatic hydroxyl groups is 1. The highest BCUT2D eigenvalue weighted by Gasteiger charge is 2.45. The molecule has 2 N–H and O–H groups in total. The van der Waals surface area contributed by atoms with Crippen molar-refractivity contribution in [2.24, 2.45) is 0 Å². The van der Waals surface area contributed by atoms with Crippen molar-refractivity contribution in [3.63, 3.8) is 0 Å². The van der Waals surface area contributed by atoms with Crippen molar-refractivity contribution in [3.8, 4) is 0 Å². The summed E-state index contributed by atoms with van der Waals surface area (Å²) in [4.78, 5) is 12.8. The maximum atomic E-state index is 11.3. The molecule has 2 aliphatic rings. The number of nitrogens with one attached hydrogen (secondary N) is 1. The van der Waals surface area contributed by atoms with Crippen LogP contribution in [0, 0.1) is 0 Å². The van der Waals surface area contributed by atoms with Crippen molar-refractivity contribution in [2.45, 2.75) is 29.7 Å². The summed E-state index contributed by atoms with van der Waals surface area (Å²) >= 11 is 3.50. The first-order valence-corrected chi connectivity index (χ1v) is 10.8. The van der Waals surface area contributed by atoms with Gasteiger partial charge in [0.1, 0.15) is 5.82 Å². The Bertz CT molecular complexity index is 516. The molecule has 118 valence electrons. The van der Waals surface area contributed by atoms with Crippen LogP contribution < -0.4 is 5.32 Å². The summed E-state index contributed by atoms with van der Waals surface area (Å²) in [7, 11) is 0. The number of alkyl halides is 1. The smallest absolute Gasteiger partial charge is 0.250 e. The van der Waals surface area contributed by atoms with E-state index in [0.29, 0.717) is 5.82 Å². The molecule has 0 bridgehead atoms. The number of halogens is 1. The molecule has 1 amide bonds. The predicted molar refractivity (Wildman–Crippen MR) is 91.0 cm³/mol. The number of amides is 1. The summed E-state index contributed by atoms with van der Waals surface area (Å²) in [6, 6.07) is 0. The van der Waals surface area contributed by atoms with Crippen molar-refractivity contribution in [1.29, 1.82) is 0 Å². The fourth-order valence-corrected chi connectivity index (χ4v) is 4.04. The van der Waals surface area contributed by atoms with Gasteiger partial charge in [-0.05, 0) is 25.9 Å². The molecule has 0 aromatic carbocycles. The third-order valence-corrected chi connectivity index (χ3v) is 6.02. The van der Waals surface area contributed by atoms with E-state index in [4.69, 9.17) is 4.74 Å². The third-order valence-electron chi connectivity index (χ3n) is 3.55. The number of hydrogen-bond acceptors (Lipinski definition) is 4. The molecule has 2 heterocycles. The lowest BCUT2D eigenvalue weighted by Gasteiger charge is -2.32. The molecule has 0 radical (unpaired) electrons. The summed E-state index contributed by atoms with van der Waals surface area (Å²) in [5.41, 5.74) is 0. The maximum Gasteiger partial charge on any atom is 0.250 e. The summed E-state index contributed by atoms with van der Waals surface area (Å²) in [5.74, 6) is 0.246. The van der Waals surface area contributed by atoms with E-state index in [0.717, 1.165) is 12.6 Å². The monoisotopic (exact) mass is 376 g/mol. The summed E-state index contributed by atoms with van der Waals surface area (Å²) < 4.78 is 5.98. The lowest BCUT2D eigenvalue weighted by molar-refractivity contribution is -0.117. The van der Waals surface area contributed by atoms with Crippen molar-refractivity contribution in [3.05, 3.63) is 24.7 Å². The average molecular weight is 377 g/mol. The second-order valence-electron chi connectivity index (χ2n) is 6.11. The summed E-state index contributed by atoms with van der Waals surface area (Å²) in [6.07, 6.45) is 7.76. The van der Waals surface area contributed by atoms with Gasteiger partial charge in [-0.15, -0.1) is 13.2 Å². The molecule has 2 rings (SSSR count). The normalized spacial score (nSPS) is 33.4. The van der Waals surface area contributed by atoms with Crippen LogP contribution in [0.3, 0.4) is 0 Å². The number of rotatable bonds is 4. The van der Waals surface area contributed by atoms with E-state index in [2.05, 4.69) is 47.5 Å². The van der Waals surface area contributed by atoms with Gasteiger partial charge in [-0.25, -0.2) is 0 Å². The quantitative estimate of drug-likeness (QED) is 0.574. The fraction of sp³-hybridized carbons (Fsp3) is 0.571. The Balaban J connectivity index is 2.06. The molecule has 0 spiro atoms. The first kappa shape index (κ1) is 16.8. The molecule has 1 fully saturated rings. The van der Waals surface area contributed by atoms with E-state index in [9.17, 15) is 9.90 Å². The molecular weight excluding hydrogens is 355 g/mol. The topological polar surface area (TPSA) is 61.8 Å². The minimum Gasteiger partial charge on any atom is -0.389 e. The molecule has 4 atom stereocenters. The van der Waals surface area contributed by atoms with E-state index in [1.54, 1.807) is 11.1 Å². The largest absolute Gasteiger partial charge is 0.389 e. The Morgan fingerprint density at radius 3 is 2.81 bits per heavy atom. The fourth-order valence-electron chi connectivity index (χ4n) is 2.37. The molecule has 21 heavy (non-hydrogen) atoms. The Hall–Kier alpha value is -0.550. The molecule has 1 unspecified atom stereocenters. The minimum atomic E-state index is -1.15. The minimum absolute atomic E-state index is 0.207. The number of nitrogens with zero attached hydrogens (tertiary/aromatic N) is 1. The summed E-state index contributed by atoms with van der Waals surface area (Å²) in [5, 5.41) is 13.0. The van der Waals surface area contributed by atoms with Crippen LogP contribution in [-0.4, -0.2) is 65.0 Å². The molecule has 0 aliphatic carbocycles. The second kappa shape index (κ2) is 6.29. The zero-order valence-corrected chi connectivity index (χ0v) is 14.8. The van der Waals surface area contributed by atoms with Crippen LogP contribution in [0.15, 0.2) is 24.7 Å². The molecule has 2 aliphatic heterocycles. The lowest BCUT2D eigenvalue weighted by atomic mass is 10.1. The van der Waals surface area contributed by atoms with Gasteiger partial charge in [0.25, 0.3) is 5.91 Å². The van der Waals surface area contributed by atoms with Crippen molar-refractivity contribution in [1.82, 2.24) is 10.2 Å². The van der Waals surface area contributed by atoms with Crippen LogP contribution in [0.25, 0.3) is 0 Å². The standard InChI is InChI=1S/C14H22BrN2O3P/c1-9-16-11(18)5-7-17(9)14-12(15)13(19)10(20-14)6-8-21(2,3)4/h5,7,10,12-14,19H,1-2,6,8H2,3-4H3,(H,16,18)/t10-,12?,13-,14-/m1/s1. The van der Waals surface area contributed by atoms with Crippen LogP contribution in [0.5, 0.6) is 0 Å². The Morgan fingerprint density at radius 1 is 1.57 bits per heavy atom.